The lowest BCUT2D eigenvalue weighted by Gasteiger charge is -2.59. The van der Waals surface area contributed by atoms with Crippen LogP contribution in [0.15, 0.2) is 17.5 Å². The smallest absolute Gasteiger partial charge is 0.308 e. The molecule has 4 saturated heterocycles. The summed E-state index contributed by atoms with van der Waals surface area (Å²) in [5.41, 5.74) is -0.683. The van der Waals surface area contributed by atoms with Gasteiger partial charge in [0.05, 0.1) is 13.0 Å². The molecule has 1 N–H and O–H groups in total. The van der Waals surface area contributed by atoms with Crippen LogP contribution in [0.25, 0.3) is 0 Å². The summed E-state index contributed by atoms with van der Waals surface area (Å²) in [7, 11) is 0. The SMILES string of the molecule is C[C@H]1[C@H](OC(=O)CCC(=O)NCc2cccs2)O[C@@H]2O[C@]3(C)CC[C@H]4[C@H](C)CC[C@@H]1[C@@]24OO3. The maximum Gasteiger partial charge on any atom is 0.308 e. The Labute approximate surface area is 198 Å². The normalized spacial score (nSPS) is 41.7. The molecule has 8 atom stereocenters. The van der Waals surface area contributed by atoms with E-state index in [2.05, 4.69) is 12.2 Å². The minimum absolute atomic E-state index is 0.00116. The molecule has 5 aliphatic rings. The molecular formula is C24H33NO7S. The van der Waals surface area contributed by atoms with Crippen molar-refractivity contribution in [3.8, 4) is 0 Å². The van der Waals surface area contributed by atoms with Crippen molar-refractivity contribution < 1.29 is 33.6 Å². The molecule has 5 heterocycles. The van der Waals surface area contributed by atoms with Crippen LogP contribution in [0.2, 0.25) is 0 Å². The Bertz CT molecular complexity index is 878. The van der Waals surface area contributed by atoms with Crippen LogP contribution in [0.5, 0.6) is 0 Å². The first-order valence-electron chi connectivity index (χ1n) is 12.0. The lowest BCUT2D eigenvalue weighted by atomic mass is 9.58. The van der Waals surface area contributed by atoms with Crippen LogP contribution in [0.1, 0.15) is 64.2 Å². The Morgan fingerprint density at radius 3 is 2.82 bits per heavy atom. The van der Waals surface area contributed by atoms with Gasteiger partial charge in [-0.2, -0.15) is 0 Å². The van der Waals surface area contributed by atoms with E-state index in [9.17, 15) is 9.59 Å². The first-order valence-corrected chi connectivity index (χ1v) is 12.9. The molecule has 33 heavy (non-hydrogen) atoms. The zero-order chi connectivity index (χ0) is 23.2. The molecule has 8 nitrogen and oxygen atoms in total. The highest BCUT2D eigenvalue weighted by Gasteiger charge is 2.69. The summed E-state index contributed by atoms with van der Waals surface area (Å²) in [6.07, 6.45) is 2.38. The second-order valence-electron chi connectivity index (χ2n) is 10.1. The first-order chi connectivity index (χ1) is 15.8. The van der Waals surface area contributed by atoms with Gasteiger partial charge in [-0.15, -0.1) is 11.3 Å². The number of fused-ring (bicyclic) bond motifs is 2. The third-order valence-corrected chi connectivity index (χ3v) is 8.82. The topological polar surface area (TPSA) is 92.3 Å². The predicted octanol–water partition coefficient (Wildman–Crippen LogP) is 3.90. The Morgan fingerprint density at radius 1 is 1.18 bits per heavy atom. The highest BCUT2D eigenvalue weighted by Crippen LogP contribution is 2.60. The lowest BCUT2D eigenvalue weighted by Crippen LogP contribution is -2.70. The molecule has 1 saturated carbocycles. The number of thiophene rings is 1. The van der Waals surface area contributed by atoms with E-state index < -0.39 is 29.9 Å². The van der Waals surface area contributed by atoms with Gasteiger partial charge in [0, 0.05) is 29.6 Å². The Morgan fingerprint density at radius 2 is 2.03 bits per heavy atom. The van der Waals surface area contributed by atoms with E-state index in [4.69, 9.17) is 24.0 Å². The van der Waals surface area contributed by atoms with E-state index >= 15 is 0 Å². The van der Waals surface area contributed by atoms with Crippen LogP contribution < -0.4 is 5.32 Å². The summed E-state index contributed by atoms with van der Waals surface area (Å²) < 4.78 is 18.3. The van der Waals surface area contributed by atoms with Crippen molar-refractivity contribution in [2.45, 2.75) is 89.8 Å². The Balaban J connectivity index is 1.22. The van der Waals surface area contributed by atoms with Gasteiger partial charge in [0.2, 0.25) is 18.0 Å². The van der Waals surface area contributed by atoms with Crippen LogP contribution >= 0.6 is 11.3 Å². The van der Waals surface area contributed by atoms with Gasteiger partial charge in [-0.1, -0.05) is 19.9 Å². The number of hydrogen-bond acceptors (Lipinski definition) is 8. The van der Waals surface area contributed by atoms with E-state index in [-0.39, 0.29) is 36.5 Å². The number of amides is 1. The van der Waals surface area contributed by atoms with Crippen molar-refractivity contribution in [1.82, 2.24) is 5.32 Å². The second kappa shape index (κ2) is 8.92. The number of nitrogens with one attached hydrogen (secondary N) is 1. The molecule has 9 heteroatoms. The average Bonchev–Trinajstić information content (AvgIpc) is 3.21. The summed E-state index contributed by atoms with van der Waals surface area (Å²) >= 11 is 1.58. The molecule has 182 valence electrons. The van der Waals surface area contributed by atoms with Gasteiger partial charge in [0.25, 0.3) is 0 Å². The lowest BCUT2D eigenvalue weighted by molar-refractivity contribution is -0.576. The van der Waals surface area contributed by atoms with Crippen LogP contribution in [-0.2, 0) is 40.1 Å². The van der Waals surface area contributed by atoms with Gasteiger partial charge in [-0.05, 0) is 49.5 Å². The highest BCUT2D eigenvalue weighted by atomic mass is 32.1. The molecule has 1 amide bonds. The fourth-order valence-electron chi connectivity index (χ4n) is 6.10. The van der Waals surface area contributed by atoms with Crippen molar-refractivity contribution in [1.29, 1.82) is 0 Å². The molecule has 5 fully saturated rings. The second-order valence-corrected chi connectivity index (χ2v) is 11.2. The van der Waals surface area contributed by atoms with Crippen molar-refractivity contribution in [3.05, 3.63) is 22.4 Å². The van der Waals surface area contributed by atoms with Gasteiger partial charge < -0.3 is 19.5 Å². The van der Waals surface area contributed by atoms with Gasteiger partial charge in [-0.3, -0.25) is 9.59 Å². The van der Waals surface area contributed by atoms with Crippen molar-refractivity contribution in [2.75, 3.05) is 0 Å². The van der Waals surface area contributed by atoms with Crippen molar-refractivity contribution in [2.24, 2.45) is 23.7 Å². The first kappa shape index (κ1) is 23.2. The predicted molar refractivity (Wildman–Crippen MR) is 118 cm³/mol. The molecule has 6 rings (SSSR count). The Kier molecular flexibility index (Phi) is 6.28. The fourth-order valence-corrected chi connectivity index (χ4v) is 6.74. The Hall–Kier alpha value is -1.52. The van der Waals surface area contributed by atoms with Crippen LogP contribution in [0.3, 0.4) is 0 Å². The fraction of sp³-hybridized carbons (Fsp3) is 0.750. The van der Waals surface area contributed by atoms with Gasteiger partial charge in [-0.25, -0.2) is 9.78 Å². The van der Waals surface area contributed by atoms with E-state index in [1.165, 1.54) is 0 Å². The van der Waals surface area contributed by atoms with Gasteiger partial charge in [0.1, 0.15) is 0 Å². The van der Waals surface area contributed by atoms with E-state index in [1.54, 1.807) is 11.3 Å². The summed E-state index contributed by atoms with van der Waals surface area (Å²) in [5, 5.41) is 4.80. The minimum atomic E-state index is -0.868. The van der Waals surface area contributed by atoms with Gasteiger partial charge in [0.15, 0.2) is 11.9 Å². The number of carbonyl (C=O) groups excluding carboxylic acids is 2. The number of ether oxygens (including phenoxy) is 3. The largest absolute Gasteiger partial charge is 0.435 e. The minimum Gasteiger partial charge on any atom is -0.435 e. The zero-order valence-corrected chi connectivity index (χ0v) is 20.2. The molecular weight excluding hydrogens is 446 g/mol. The molecule has 1 spiro atoms. The number of esters is 1. The van der Waals surface area contributed by atoms with Crippen LogP contribution in [-0.4, -0.2) is 35.8 Å². The third kappa shape index (κ3) is 4.23. The van der Waals surface area contributed by atoms with Crippen molar-refractivity contribution >= 4 is 23.2 Å². The van der Waals surface area contributed by atoms with Crippen molar-refractivity contribution in [3.63, 3.8) is 0 Å². The third-order valence-electron chi connectivity index (χ3n) is 7.94. The number of hydrogen-bond donors (Lipinski definition) is 1. The summed E-state index contributed by atoms with van der Waals surface area (Å²) in [4.78, 5) is 37.7. The van der Waals surface area contributed by atoms with Gasteiger partial charge >= 0.3 is 5.97 Å². The monoisotopic (exact) mass is 479 g/mol. The molecule has 4 aliphatic heterocycles. The van der Waals surface area contributed by atoms with Crippen LogP contribution in [0, 0.1) is 23.7 Å². The standard InChI is InChI=1S/C24H33NO7S/c1-14-6-7-18-15(2)21(28-20(27)9-8-19(26)25-13-16-5-4-12-33-16)29-22-24(18)17(14)10-11-23(3,30-22)31-32-24/h4-5,12,14-15,17-18,21-22H,6-11,13H2,1-3H3,(H,25,26)/t14-,15-,17+,18+,21-,22-,23+,24-/m1/s1. The molecule has 0 radical (unpaired) electrons. The quantitative estimate of drug-likeness (QED) is 0.489. The number of rotatable bonds is 6. The molecule has 2 bridgehead atoms. The van der Waals surface area contributed by atoms with E-state index in [1.807, 2.05) is 31.4 Å². The summed E-state index contributed by atoms with van der Waals surface area (Å²) in [6.45, 7) is 6.64. The molecule has 1 aromatic rings. The maximum atomic E-state index is 12.6. The zero-order valence-electron chi connectivity index (χ0n) is 19.4. The summed E-state index contributed by atoms with van der Waals surface area (Å²) in [6, 6.07) is 3.90. The molecule has 0 aromatic carbocycles. The van der Waals surface area contributed by atoms with Crippen LogP contribution in [0.4, 0.5) is 0 Å². The summed E-state index contributed by atoms with van der Waals surface area (Å²) in [5.74, 6) is -0.751. The molecule has 1 aromatic heterocycles. The van der Waals surface area contributed by atoms with E-state index in [0.717, 1.165) is 30.6 Å². The average molecular weight is 480 g/mol. The maximum absolute atomic E-state index is 12.6. The molecule has 0 unspecified atom stereocenters. The molecule has 1 aliphatic carbocycles. The number of carbonyl (C=O) groups is 2. The highest BCUT2D eigenvalue weighted by molar-refractivity contribution is 7.09. The van der Waals surface area contributed by atoms with E-state index in [0.29, 0.717) is 12.5 Å².